The van der Waals surface area contributed by atoms with E-state index in [0.717, 1.165) is 13.0 Å². The molecule has 2 nitrogen and oxygen atoms in total. The standard InChI is InChI=1S/C12H18N2/c1-4-10(2)9-14-11(3)12-5-7-13-8-6-12/h5-8,11,14H,2,4,9H2,1,3H3. The van der Waals surface area contributed by atoms with Crippen LogP contribution < -0.4 is 5.32 Å². The first-order valence-corrected chi connectivity index (χ1v) is 5.04. The molecule has 0 fully saturated rings. The molecule has 0 aliphatic heterocycles. The number of nitrogens with zero attached hydrogens (tertiary/aromatic N) is 1. The Kier molecular flexibility index (Phi) is 4.33. The van der Waals surface area contributed by atoms with Crippen LogP contribution >= 0.6 is 0 Å². The second-order valence-electron chi connectivity index (χ2n) is 3.49. The van der Waals surface area contributed by atoms with Gasteiger partial charge in [-0.1, -0.05) is 19.1 Å². The van der Waals surface area contributed by atoms with Gasteiger partial charge in [-0.05, 0) is 31.0 Å². The lowest BCUT2D eigenvalue weighted by atomic mass is 10.1. The Morgan fingerprint density at radius 2 is 2.14 bits per heavy atom. The molecule has 0 bridgehead atoms. The van der Waals surface area contributed by atoms with Gasteiger partial charge in [0.05, 0.1) is 0 Å². The van der Waals surface area contributed by atoms with Crippen molar-refractivity contribution in [2.75, 3.05) is 6.54 Å². The van der Waals surface area contributed by atoms with Gasteiger partial charge in [0, 0.05) is 25.0 Å². The predicted molar refractivity (Wildman–Crippen MR) is 60.1 cm³/mol. The van der Waals surface area contributed by atoms with Gasteiger partial charge in [-0.25, -0.2) is 0 Å². The summed E-state index contributed by atoms with van der Waals surface area (Å²) in [5.74, 6) is 0. The van der Waals surface area contributed by atoms with Gasteiger partial charge in [0.25, 0.3) is 0 Å². The summed E-state index contributed by atoms with van der Waals surface area (Å²) < 4.78 is 0. The fraction of sp³-hybridized carbons (Fsp3) is 0.417. The van der Waals surface area contributed by atoms with E-state index in [1.165, 1.54) is 11.1 Å². The first kappa shape index (κ1) is 10.9. The van der Waals surface area contributed by atoms with Crippen LogP contribution in [0.3, 0.4) is 0 Å². The van der Waals surface area contributed by atoms with Gasteiger partial charge >= 0.3 is 0 Å². The molecule has 2 heteroatoms. The Bertz CT molecular complexity index is 280. The normalized spacial score (nSPS) is 12.4. The van der Waals surface area contributed by atoms with E-state index in [0.29, 0.717) is 6.04 Å². The van der Waals surface area contributed by atoms with Crippen LogP contribution in [0.4, 0.5) is 0 Å². The molecule has 0 radical (unpaired) electrons. The van der Waals surface area contributed by atoms with E-state index in [2.05, 4.69) is 30.7 Å². The monoisotopic (exact) mass is 190 g/mol. The van der Waals surface area contributed by atoms with E-state index in [1.807, 2.05) is 24.5 Å². The summed E-state index contributed by atoms with van der Waals surface area (Å²) in [7, 11) is 0. The lowest BCUT2D eigenvalue weighted by Gasteiger charge is -2.14. The van der Waals surface area contributed by atoms with Crippen LogP contribution in [-0.2, 0) is 0 Å². The van der Waals surface area contributed by atoms with E-state index < -0.39 is 0 Å². The van der Waals surface area contributed by atoms with Crippen molar-refractivity contribution in [3.05, 3.63) is 42.2 Å². The molecule has 0 amide bonds. The van der Waals surface area contributed by atoms with Crippen LogP contribution in [0, 0.1) is 0 Å². The largest absolute Gasteiger partial charge is 0.306 e. The van der Waals surface area contributed by atoms with Crippen LogP contribution in [0.15, 0.2) is 36.7 Å². The highest BCUT2D eigenvalue weighted by Gasteiger charge is 2.03. The molecule has 1 N–H and O–H groups in total. The van der Waals surface area contributed by atoms with Crippen LogP contribution in [0.5, 0.6) is 0 Å². The minimum Gasteiger partial charge on any atom is -0.306 e. The Hall–Kier alpha value is -1.15. The van der Waals surface area contributed by atoms with Gasteiger partial charge in [0.15, 0.2) is 0 Å². The number of nitrogens with one attached hydrogen (secondary N) is 1. The van der Waals surface area contributed by atoms with Crippen molar-refractivity contribution in [1.29, 1.82) is 0 Å². The number of hydrogen-bond donors (Lipinski definition) is 1. The topological polar surface area (TPSA) is 24.9 Å². The average Bonchev–Trinajstić information content (AvgIpc) is 2.26. The molecule has 0 saturated carbocycles. The van der Waals surface area contributed by atoms with Gasteiger partial charge in [0.2, 0.25) is 0 Å². The number of pyridine rings is 1. The van der Waals surface area contributed by atoms with Gasteiger partial charge in [-0.3, -0.25) is 4.98 Å². The Balaban J connectivity index is 2.43. The predicted octanol–water partition coefficient (Wildman–Crippen LogP) is 2.70. The third-order valence-electron chi connectivity index (χ3n) is 2.36. The molecule has 76 valence electrons. The molecule has 1 unspecified atom stereocenters. The molecule has 1 atom stereocenters. The van der Waals surface area contributed by atoms with Gasteiger partial charge < -0.3 is 5.32 Å². The van der Waals surface area contributed by atoms with E-state index in [-0.39, 0.29) is 0 Å². The van der Waals surface area contributed by atoms with Gasteiger partial charge in [-0.15, -0.1) is 0 Å². The minimum absolute atomic E-state index is 0.362. The number of aromatic nitrogens is 1. The summed E-state index contributed by atoms with van der Waals surface area (Å²) in [6, 6.07) is 4.43. The molecule has 1 rings (SSSR count). The number of hydrogen-bond acceptors (Lipinski definition) is 2. The Morgan fingerprint density at radius 1 is 1.50 bits per heavy atom. The summed E-state index contributed by atoms with van der Waals surface area (Å²) in [4.78, 5) is 3.99. The maximum atomic E-state index is 3.99. The molecule has 1 heterocycles. The highest BCUT2D eigenvalue weighted by Crippen LogP contribution is 2.10. The first-order valence-electron chi connectivity index (χ1n) is 5.04. The van der Waals surface area contributed by atoms with Crippen molar-refractivity contribution in [3.8, 4) is 0 Å². The van der Waals surface area contributed by atoms with E-state index >= 15 is 0 Å². The number of rotatable bonds is 5. The van der Waals surface area contributed by atoms with E-state index in [4.69, 9.17) is 0 Å². The summed E-state index contributed by atoms with van der Waals surface area (Å²) in [6.07, 6.45) is 4.68. The molecule has 14 heavy (non-hydrogen) atoms. The summed E-state index contributed by atoms with van der Waals surface area (Å²) in [6.45, 7) is 9.13. The highest BCUT2D eigenvalue weighted by atomic mass is 14.9. The molecule has 0 aromatic carbocycles. The Morgan fingerprint density at radius 3 is 2.71 bits per heavy atom. The first-order chi connectivity index (χ1) is 6.74. The van der Waals surface area contributed by atoms with E-state index in [9.17, 15) is 0 Å². The fourth-order valence-electron chi connectivity index (χ4n) is 1.19. The molecule has 1 aromatic heterocycles. The third-order valence-corrected chi connectivity index (χ3v) is 2.36. The quantitative estimate of drug-likeness (QED) is 0.722. The zero-order valence-corrected chi connectivity index (χ0v) is 8.96. The maximum Gasteiger partial charge on any atom is 0.0295 e. The summed E-state index contributed by atoms with van der Waals surface area (Å²) in [5, 5.41) is 3.42. The van der Waals surface area contributed by atoms with Gasteiger partial charge in [-0.2, -0.15) is 0 Å². The maximum absolute atomic E-state index is 3.99. The lowest BCUT2D eigenvalue weighted by Crippen LogP contribution is -2.20. The fourth-order valence-corrected chi connectivity index (χ4v) is 1.19. The summed E-state index contributed by atoms with van der Waals surface area (Å²) >= 11 is 0. The van der Waals surface area contributed by atoms with Crippen LogP contribution in [0.1, 0.15) is 31.9 Å². The zero-order valence-electron chi connectivity index (χ0n) is 8.96. The molecule has 0 aliphatic carbocycles. The van der Waals surface area contributed by atoms with Gasteiger partial charge in [0.1, 0.15) is 0 Å². The smallest absolute Gasteiger partial charge is 0.0295 e. The third kappa shape index (κ3) is 3.30. The minimum atomic E-state index is 0.362. The van der Waals surface area contributed by atoms with Crippen LogP contribution in [0.2, 0.25) is 0 Å². The molecular formula is C12H18N2. The Labute approximate surface area is 86.1 Å². The SMILES string of the molecule is C=C(CC)CNC(C)c1ccncc1. The highest BCUT2D eigenvalue weighted by molar-refractivity contribution is 5.14. The van der Waals surface area contributed by atoms with Crippen molar-refractivity contribution in [2.45, 2.75) is 26.3 Å². The van der Waals surface area contributed by atoms with E-state index in [1.54, 1.807) is 0 Å². The average molecular weight is 190 g/mol. The zero-order chi connectivity index (χ0) is 10.4. The second kappa shape index (κ2) is 5.55. The molecular weight excluding hydrogens is 172 g/mol. The molecule has 0 saturated heterocycles. The van der Waals surface area contributed by atoms with Crippen LogP contribution in [0.25, 0.3) is 0 Å². The van der Waals surface area contributed by atoms with Crippen molar-refractivity contribution in [1.82, 2.24) is 10.3 Å². The lowest BCUT2D eigenvalue weighted by molar-refractivity contribution is 0.601. The van der Waals surface area contributed by atoms with Crippen LogP contribution in [-0.4, -0.2) is 11.5 Å². The van der Waals surface area contributed by atoms with Crippen molar-refractivity contribution in [3.63, 3.8) is 0 Å². The second-order valence-corrected chi connectivity index (χ2v) is 3.49. The van der Waals surface area contributed by atoms with Crippen molar-refractivity contribution in [2.24, 2.45) is 0 Å². The molecule has 0 spiro atoms. The van der Waals surface area contributed by atoms with Crippen molar-refractivity contribution < 1.29 is 0 Å². The molecule has 0 aliphatic rings. The molecule has 1 aromatic rings. The van der Waals surface area contributed by atoms with Crippen molar-refractivity contribution >= 4 is 0 Å². The summed E-state index contributed by atoms with van der Waals surface area (Å²) in [5.41, 5.74) is 2.51.